The van der Waals surface area contributed by atoms with Crippen LogP contribution in [0.15, 0.2) is 24.3 Å². The Kier molecular flexibility index (Phi) is 15.0. The molecular formula is C19H30O10. The van der Waals surface area contributed by atoms with Crippen LogP contribution in [-0.4, -0.2) is 72.7 Å². The highest BCUT2D eigenvalue weighted by Gasteiger charge is 2.15. The average molecular weight is 418 g/mol. The molecule has 0 fully saturated rings. The predicted octanol–water partition coefficient (Wildman–Crippen LogP) is 0.449. The highest BCUT2D eigenvalue weighted by molar-refractivity contribution is 5.87. The van der Waals surface area contributed by atoms with Gasteiger partial charge in [0, 0.05) is 11.1 Å². The number of aliphatic hydroxyl groups excluding tert-OH is 2. The number of rotatable bonds is 13. The highest BCUT2D eigenvalue weighted by Crippen LogP contribution is 2.01. The van der Waals surface area contributed by atoms with Crippen LogP contribution in [0.3, 0.4) is 0 Å². The predicted molar refractivity (Wildman–Crippen MR) is 101 cm³/mol. The zero-order chi connectivity index (χ0) is 21.7. The molecule has 0 aliphatic heterocycles. The van der Waals surface area contributed by atoms with Crippen molar-refractivity contribution < 1.29 is 48.3 Å². The summed E-state index contributed by atoms with van der Waals surface area (Å²) in [6, 6.07) is 0. The molecule has 166 valence electrons. The van der Waals surface area contributed by atoms with E-state index in [9.17, 15) is 29.4 Å². The molecule has 0 amide bonds. The molecule has 0 spiro atoms. The molecule has 0 aromatic heterocycles. The minimum Gasteiger partial charge on any atom is -0.463 e. The minimum absolute atomic E-state index is 0. The second-order valence-corrected chi connectivity index (χ2v) is 5.93. The third-order valence-corrected chi connectivity index (χ3v) is 2.92. The molecular weight excluding hydrogens is 388 g/mol. The van der Waals surface area contributed by atoms with Crippen LogP contribution in [0.2, 0.25) is 0 Å². The molecule has 0 aromatic carbocycles. The summed E-state index contributed by atoms with van der Waals surface area (Å²) in [5, 5.41) is 19.1. The first-order valence-electron chi connectivity index (χ1n) is 8.35. The molecule has 29 heavy (non-hydrogen) atoms. The van der Waals surface area contributed by atoms with Crippen LogP contribution in [0.4, 0.5) is 0 Å². The fourth-order valence-corrected chi connectivity index (χ4v) is 1.41. The SMILES string of the molecule is C.C=C(C)C(=O)OCC(O)COC(=O)CCC(=O)OCC(O)COC(=O)C(=C)C. The van der Waals surface area contributed by atoms with Crippen molar-refractivity contribution in [1.82, 2.24) is 0 Å². The third kappa shape index (κ3) is 14.9. The molecule has 2 N–H and O–H groups in total. The van der Waals surface area contributed by atoms with Gasteiger partial charge < -0.3 is 29.2 Å². The van der Waals surface area contributed by atoms with Gasteiger partial charge in [-0.25, -0.2) is 9.59 Å². The lowest BCUT2D eigenvalue weighted by molar-refractivity contribution is -0.156. The topological polar surface area (TPSA) is 146 Å². The standard InChI is InChI=1S/C18H26O10.CH4/c1-11(2)17(23)27-9-13(19)7-25-15(21)5-6-16(22)26-8-14(20)10-28-18(24)12(3)4;/h13-14,19-20H,1,3,5-10H2,2,4H3;1H4. The molecule has 0 radical (unpaired) electrons. The Balaban J connectivity index is 0. The van der Waals surface area contributed by atoms with Gasteiger partial charge in [0.1, 0.15) is 38.6 Å². The van der Waals surface area contributed by atoms with Gasteiger partial charge in [-0.05, 0) is 13.8 Å². The second kappa shape index (κ2) is 15.2. The van der Waals surface area contributed by atoms with Gasteiger partial charge in [0.2, 0.25) is 0 Å². The first-order valence-corrected chi connectivity index (χ1v) is 8.35. The fourth-order valence-electron chi connectivity index (χ4n) is 1.41. The Labute approximate surface area is 170 Å². The third-order valence-electron chi connectivity index (χ3n) is 2.92. The average Bonchev–Trinajstić information content (AvgIpc) is 2.64. The number of carbonyl (C=O) groups excluding carboxylic acids is 4. The van der Waals surface area contributed by atoms with E-state index >= 15 is 0 Å². The van der Waals surface area contributed by atoms with Crippen molar-refractivity contribution in [1.29, 1.82) is 0 Å². The number of esters is 4. The molecule has 0 saturated heterocycles. The molecule has 10 heteroatoms. The largest absolute Gasteiger partial charge is 0.463 e. The lowest BCUT2D eigenvalue weighted by Gasteiger charge is -2.13. The molecule has 0 heterocycles. The summed E-state index contributed by atoms with van der Waals surface area (Å²) in [4.78, 5) is 45.3. The van der Waals surface area contributed by atoms with E-state index < -0.39 is 49.3 Å². The van der Waals surface area contributed by atoms with Crippen LogP contribution in [0.5, 0.6) is 0 Å². The Hall–Kier alpha value is -2.72. The van der Waals surface area contributed by atoms with Crippen molar-refractivity contribution in [2.24, 2.45) is 0 Å². The zero-order valence-corrected chi connectivity index (χ0v) is 16.0. The van der Waals surface area contributed by atoms with E-state index in [1.54, 1.807) is 0 Å². The number of ether oxygens (including phenoxy) is 4. The Morgan fingerprint density at radius 3 is 1.24 bits per heavy atom. The van der Waals surface area contributed by atoms with E-state index in [-0.39, 0.29) is 44.6 Å². The van der Waals surface area contributed by atoms with Crippen LogP contribution in [0.25, 0.3) is 0 Å². The van der Waals surface area contributed by atoms with Gasteiger partial charge in [0.05, 0.1) is 12.8 Å². The van der Waals surface area contributed by atoms with Crippen LogP contribution < -0.4 is 0 Å². The van der Waals surface area contributed by atoms with Crippen molar-refractivity contribution in [2.45, 2.75) is 46.3 Å². The summed E-state index contributed by atoms with van der Waals surface area (Å²) in [5.74, 6) is -2.88. The first-order chi connectivity index (χ1) is 13.0. The zero-order valence-electron chi connectivity index (χ0n) is 16.0. The molecule has 0 bridgehead atoms. The number of carbonyl (C=O) groups is 4. The van der Waals surface area contributed by atoms with Crippen molar-refractivity contribution in [3.05, 3.63) is 24.3 Å². The van der Waals surface area contributed by atoms with Crippen molar-refractivity contribution in [3.63, 3.8) is 0 Å². The Bertz CT molecular complexity index is 544. The van der Waals surface area contributed by atoms with E-state index in [0.717, 1.165) is 0 Å². The van der Waals surface area contributed by atoms with Gasteiger partial charge in [-0.15, -0.1) is 0 Å². The van der Waals surface area contributed by atoms with E-state index in [2.05, 4.69) is 22.6 Å². The summed E-state index contributed by atoms with van der Waals surface area (Å²) in [7, 11) is 0. The second-order valence-electron chi connectivity index (χ2n) is 5.93. The van der Waals surface area contributed by atoms with Crippen molar-refractivity contribution >= 4 is 23.9 Å². The lowest BCUT2D eigenvalue weighted by Crippen LogP contribution is -2.26. The fraction of sp³-hybridized carbons (Fsp3) is 0.579. The molecule has 10 nitrogen and oxygen atoms in total. The summed E-state index contributed by atoms with van der Waals surface area (Å²) < 4.78 is 18.8. The number of aliphatic hydroxyl groups is 2. The molecule has 2 atom stereocenters. The van der Waals surface area contributed by atoms with Crippen LogP contribution >= 0.6 is 0 Å². The molecule has 0 rings (SSSR count). The Morgan fingerprint density at radius 2 is 0.966 bits per heavy atom. The Morgan fingerprint density at radius 1 is 0.690 bits per heavy atom. The molecule has 0 aromatic rings. The van der Waals surface area contributed by atoms with Gasteiger partial charge in [-0.2, -0.15) is 0 Å². The van der Waals surface area contributed by atoms with Gasteiger partial charge in [-0.1, -0.05) is 20.6 Å². The highest BCUT2D eigenvalue weighted by atomic mass is 16.6. The molecule has 0 saturated carbocycles. The van der Waals surface area contributed by atoms with Crippen molar-refractivity contribution in [2.75, 3.05) is 26.4 Å². The van der Waals surface area contributed by atoms with E-state index in [4.69, 9.17) is 9.47 Å². The van der Waals surface area contributed by atoms with Gasteiger partial charge in [0.15, 0.2) is 0 Å². The van der Waals surface area contributed by atoms with E-state index in [1.807, 2.05) is 0 Å². The molecule has 2 unspecified atom stereocenters. The minimum atomic E-state index is -1.21. The lowest BCUT2D eigenvalue weighted by atomic mass is 10.3. The first kappa shape index (κ1) is 28.5. The van der Waals surface area contributed by atoms with E-state index in [1.165, 1.54) is 13.8 Å². The van der Waals surface area contributed by atoms with Crippen molar-refractivity contribution in [3.8, 4) is 0 Å². The maximum atomic E-state index is 11.5. The summed E-state index contributed by atoms with van der Waals surface area (Å²) in [6.45, 7) is 8.08. The van der Waals surface area contributed by atoms with Crippen LogP contribution in [0, 0.1) is 0 Å². The number of hydrogen-bond acceptors (Lipinski definition) is 10. The molecule has 0 aliphatic rings. The van der Waals surface area contributed by atoms with Crippen LogP contribution in [0.1, 0.15) is 34.1 Å². The molecule has 0 aliphatic carbocycles. The summed E-state index contributed by atoms with van der Waals surface area (Å²) >= 11 is 0. The normalized spacial score (nSPS) is 11.9. The van der Waals surface area contributed by atoms with Gasteiger partial charge in [0.25, 0.3) is 0 Å². The quantitative estimate of drug-likeness (QED) is 0.245. The van der Waals surface area contributed by atoms with Crippen LogP contribution in [-0.2, 0) is 38.1 Å². The number of hydrogen-bond donors (Lipinski definition) is 2. The van der Waals surface area contributed by atoms with E-state index in [0.29, 0.717) is 0 Å². The smallest absolute Gasteiger partial charge is 0.333 e. The monoisotopic (exact) mass is 418 g/mol. The summed E-state index contributed by atoms with van der Waals surface area (Å²) in [5.41, 5.74) is 0.337. The van der Waals surface area contributed by atoms with Gasteiger partial charge in [-0.3, -0.25) is 9.59 Å². The summed E-state index contributed by atoms with van der Waals surface area (Å²) in [6.07, 6.45) is -3.04. The maximum Gasteiger partial charge on any atom is 0.333 e. The van der Waals surface area contributed by atoms with Gasteiger partial charge >= 0.3 is 23.9 Å². The maximum absolute atomic E-state index is 11.5.